The summed E-state index contributed by atoms with van der Waals surface area (Å²) in [5, 5.41) is 4.97. The Hall–Kier alpha value is -3.10. The van der Waals surface area contributed by atoms with Crippen molar-refractivity contribution in [1.82, 2.24) is 5.32 Å². The SMILES string of the molecule is CCN=C(N)NC(=O)Nc1c(C)c(OC(C)=O)cc(OC(C)=O)c1C. The number of aliphatic imine (C=N–C) groups is 1. The molecule has 1 aromatic carbocycles. The number of hydrogen-bond donors (Lipinski definition) is 3. The van der Waals surface area contributed by atoms with Gasteiger partial charge in [-0.3, -0.25) is 19.9 Å². The molecule has 2 amide bonds. The van der Waals surface area contributed by atoms with Crippen LogP contribution in [0.2, 0.25) is 0 Å². The zero-order chi connectivity index (χ0) is 19.1. The van der Waals surface area contributed by atoms with Gasteiger partial charge in [-0.1, -0.05) is 0 Å². The second kappa shape index (κ2) is 8.67. The first-order valence-electron chi connectivity index (χ1n) is 7.54. The van der Waals surface area contributed by atoms with Crippen LogP contribution in [0.15, 0.2) is 11.1 Å². The Morgan fingerprint density at radius 2 is 1.56 bits per heavy atom. The van der Waals surface area contributed by atoms with E-state index in [0.29, 0.717) is 23.4 Å². The van der Waals surface area contributed by atoms with Crippen LogP contribution in [0, 0.1) is 13.8 Å². The molecule has 9 nitrogen and oxygen atoms in total. The van der Waals surface area contributed by atoms with E-state index in [1.165, 1.54) is 19.9 Å². The van der Waals surface area contributed by atoms with E-state index in [9.17, 15) is 14.4 Å². The highest BCUT2D eigenvalue weighted by Crippen LogP contribution is 2.36. The number of hydrogen-bond acceptors (Lipinski definition) is 6. The molecule has 0 saturated carbocycles. The van der Waals surface area contributed by atoms with Crippen molar-refractivity contribution in [1.29, 1.82) is 0 Å². The van der Waals surface area contributed by atoms with Gasteiger partial charge in [0.15, 0.2) is 5.96 Å². The van der Waals surface area contributed by atoms with Crippen LogP contribution in [-0.4, -0.2) is 30.5 Å². The second-order valence-corrected chi connectivity index (χ2v) is 5.12. The van der Waals surface area contributed by atoms with Gasteiger partial charge in [-0.25, -0.2) is 4.79 Å². The van der Waals surface area contributed by atoms with Crippen molar-refractivity contribution in [2.24, 2.45) is 10.7 Å². The van der Waals surface area contributed by atoms with E-state index in [2.05, 4.69) is 15.6 Å². The minimum absolute atomic E-state index is 0.0355. The molecular formula is C16H22N4O5. The van der Waals surface area contributed by atoms with E-state index < -0.39 is 18.0 Å². The van der Waals surface area contributed by atoms with Gasteiger partial charge in [-0.2, -0.15) is 0 Å². The molecule has 0 aliphatic heterocycles. The third-order valence-corrected chi connectivity index (χ3v) is 3.07. The molecule has 0 heterocycles. The molecule has 0 atom stereocenters. The summed E-state index contributed by atoms with van der Waals surface area (Å²) < 4.78 is 10.2. The highest BCUT2D eigenvalue weighted by molar-refractivity contribution is 6.03. The Balaban J connectivity index is 3.26. The van der Waals surface area contributed by atoms with Crippen molar-refractivity contribution in [3.05, 3.63) is 17.2 Å². The van der Waals surface area contributed by atoms with Crippen LogP contribution in [0.4, 0.5) is 10.5 Å². The summed E-state index contributed by atoms with van der Waals surface area (Å²) in [5.74, 6) is -0.794. The lowest BCUT2D eigenvalue weighted by Crippen LogP contribution is -2.40. The second-order valence-electron chi connectivity index (χ2n) is 5.12. The molecule has 0 aromatic heterocycles. The quantitative estimate of drug-likeness (QED) is 0.327. The molecule has 4 N–H and O–H groups in total. The average Bonchev–Trinajstić information content (AvgIpc) is 2.47. The third kappa shape index (κ3) is 5.79. The first-order chi connectivity index (χ1) is 11.6. The number of carbonyl (C=O) groups excluding carboxylic acids is 3. The van der Waals surface area contributed by atoms with Crippen molar-refractivity contribution >= 4 is 29.6 Å². The minimum atomic E-state index is -0.630. The molecule has 25 heavy (non-hydrogen) atoms. The van der Waals surface area contributed by atoms with Crippen LogP contribution in [0.3, 0.4) is 0 Å². The average molecular weight is 350 g/mol. The molecule has 0 radical (unpaired) electrons. The molecule has 136 valence electrons. The normalized spacial score (nSPS) is 10.8. The molecule has 0 spiro atoms. The number of guanidine groups is 1. The molecule has 0 unspecified atom stereocenters. The van der Waals surface area contributed by atoms with Crippen LogP contribution in [0.25, 0.3) is 0 Å². The van der Waals surface area contributed by atoms with E-state index in [1.54, 1.807) is 20.8 Å². The van der Waals surface area contributed by atoms with Crippen LogP contribution in [-0.2, 0) is 9.59 Å². The van der Waals surface area contributed by atoms with Crippen molar-refractivity contribution in [3.8, 4) is 11.5 Å². The van der Waals surface area contributed by atoms with Crippen LogP contribution < -0.4 is 25.8 Å². The number of ether oxygens (including phenoxy) is 2. The van der Waals surface area contributed by atoms with Gasteiger partial charge in [-0.15, -0.1) is 0 Å². The maximum absolute atomic E-state index is 12.1. The molecule has 0 bridgehead atoms. The maximum atomic E-state index is 12.1. The Labute approximate surface area is 145 Å². The summed E-state index contributed by atoms with van der Waals surface area (Å²) in [4.78, 5) is 38.5. The molecule has 1 rings (SSSR count). The highest BCUT2D eigenvalue weighted by atomic mass is 16.5. The number of nitrogens with one attached hydrogen (secondary N) is 2. The number of nitrogens with two attached hydrogens (primary N) is 1. The van der Waals surface area contributed by atoms with Gasteiger partial charge in [0.1, 0.15) is 11.5 Å². The topological polar surface area (TPSA) is 132 Å². The van der Waals surface area contributed by atoms with Gasteiger partial charge < -0.3 is 20.5 Å². The number of urea groups is 1. The minimum Gasteiger partial charge on any atom is -0.426 e. The molecule has 0 aliphatic carbocycles. The Morgan fingerprint density at radius 3 is 1.96 bits per heavy atom. The van der Waals surface area contributed by atoms with Gasteiger partial charge in [-0.05, 0) is 20.8 Å². The monoisotopic (exact) mass is 350 g/mol. The van der Waals surface area contributed by atoms with Crippen LogP contribution in [0.1, 0.15) is 31.9 Å². The standard InChI is InChI=1S/C16H22N4O5/c1-6-18-15(17)20-16(23)19-14-8(2)12(24-10(4)21)7-13(9(14)3)25-11(5)22/h7H,6H2,1-5H3,(H4,17,18,19,20,23). The fraction of sp³-hybridized carbons (Fsp3) is 0.375. The fourth-order valence-electron chi connectivity index (χ4n) is 2.04. The fourth-order valence-corrected chi connectivity index (χ4v) is 2.04. The number of esters is 2. The lowest BCUT2D eigenvalue weighted by Gasteiger charge is -2.18. The summed E-state index contributed by atoms with van der Waals surface area (Å²) in [6.07, 6.45) is 0. The number of rotatable bonds is 4. The first kappa shape index (κ1) is 19.9. The van der Waals surface area contributed by atoms with Crippen molar-refractivity contribution in [2.75, 3.05) is 11.9 Å². The molecular weight excluding hydrogens is 328 g/mol. The van der Waals surface area contributed by atoms with Gasteiger partial charge in [0, 0.05) is 37.6 Å². The Kier molecular flexibility index (Phi) is 6.92. The maximum Gasteiger partial charge on any atom is 0.326 e. The zero-order valence-electron chi connectivity index (χ0n) is 14.9. The van der Waals surface area contributed by atoms with Crippen molar-refractivity contribution < 1.29 is 23.9 Å². The molecule has 0 aliphatic rings. The summed E-state index contributed by atoms with van der Waals surface area (Å²) in [7, 11) is 0. The lowest BCUT2D eigenvalue weighted by atomic mass is 10.1. The van der Waals surface area contributed by atoms with Crippen LogP contribution >= 0.6 is 0 Å². The number of anilines is 1. The zero-order valence-corrected chi connectivity index (χ0v) is 14.9. The largest absolute Gasteiger partial charge is 0.426 e. The summed E-state index contributed by atoms with van der Waals surface area (Å²) in [6, 6.07) is 0.790. The van der Waals surface area contributed by atoms with Gasteiger partial charge in [0.2, 0.25) is 0 Å². The van der Waals surface area contributed by atoms with Crippen molar-refractivity contribution in [2.45, 2.75) is 34.6 Å². The summed E-state index contributed by atoms with van der Waals surface area (Å²) in [6.45, 7) is 7.99. The number of amides is 2. The summed E-state index contributed by atoms with van der Waals surface area (Å²) >= 11 is 0. The molecule has 1 aromatic rings. The van der Waals surface area contributed by atoms with E-state index >= 15 is 0 Å². The predicted octanol–water partition coefficient (Wildman–Crippen LogP) is 1.61. The lowest BCUT2D eigenvalue weighted by molar-refractivity contribution is -0.132. The smallest absolute Gasteiger partial charge is 0.326 e. The molecule has 0 fully saturated rings. The van der Waals surface area contributed by atoms with E-state index in [0.717, 1.165) is 0 Å². The van der Waals surface area contributed by atoms with Gasteiger partial charge in [0.25, 0.3) is 0 Å². The van der Waals surface area contributed by atoms with Gasteiger partial charge >= 0.3 is 18.0 Å². The number of nitrogens with zero attached hydrogens (tertiary/aromatic N) is 1. The molecule has 9 heteroatoms. The summed E-state index contributed by atoms with van der Waals surface area (Å²) in [5.41, 5.74) is 6.86. The third-order valence-electron chi connectivity index (χ3n) is 3.07. The van der Waals surface area contributed by atoms with E-state index in [-0.39, 0.29) is 17.5 Å². The van der Waals surface area contributed by atoms with E-state index in [4.69, 9.17) is 15.2 Å². The van der Waals surface area contributed by atoms with Gasteiger partial charge in [0.05, 0.1) is 5.69 Å². The molecule has 0 saturated heterocycles. The van der Waals surface area contributed by atoms with Crippen molar-refractivity contribution in [3.63, 3.8) is 0 Å². The number of benzene rings is 1. The Bertz CT molecular complexity index is 687. The Morgan fingerprint density at radius 1 is 1.08 bits per heavy atom. The predicted molar refractivity (Wildman–Crippen MR) is 92.9 cm³/mol. The van der Waals surface area contributed by atoms with Crippen LogP contribution in [0.5, 0.6) is 11.5 Å². The first-order valence-corrected chi connectivity index (χ1v) is 7.54. The van der Waals surface area contributed by atoms with E-state index in [1.807, 2.05) is 0 Å². The highest BCUT2D eigenvalue weighted by Gasteiger charge is 2.19. The number of carbonyl (C=O) groups is 3.